The molecule has 0 aliphatic rings. The number of hydrogen-bond donors (Lipinski definition) is 1. The van der Waals surface area contributed by atoms with Gasteiger partial charge in [-0.3, -0.25) is 4.79 Å². The zero-order valence-electron chi connectivity index (χ0n) is 17.8. The molecule has 0 radical (unpaired) electrons. The Hall–Kier alpha value is -2.54. The Bertz CT molecular complexity index is 1010. The van der Waals surface area contributed by atoms with Gasteiger partial charge in [0.1, 0.15) is 6.54 Å². The Kier molecular flexibility index (Phi) is 8.97. The Morgan fingerprint density at radius 1 is 0.906 bits per heavy atom. The van der Waals surface area contributed by atoms with Gasteiger partial charge in [-0.05, 0) is 35.6 Å². The highest BCUT2D eigenvalue weighted by molar-refractivity contribution is 7.09. The van der Waals surface area contributed by atoms with Crippen LogP contribution in [0.4, 0.5) is 10.5 Å². The molecule has 5 nitrogen and oxygen atoms in total. The SMILES string of the molecule is CCCN(CC(=O)N(Cc1ccccc1)Cc1cccs1)C(=O)Nc1c(Cl)cccc1Cl. The lowest BCUT2D eigenvalue weighted by atomic mass is 10.2. The van der Waals surface area contributed by atoms with Crippen LogP contribution < -0.4 is 5.32 Å². The van der Waals surface area contributed by atoms with Gasteiger partial charge in [-0.1, -0.05) is 72.6 Å². The number of nitrogens with one attached hydrogen (secondary N) is 1. The predicted octanol–water partition coefficient (Wildman–Crippen LogP) is 6.53. The Labute approximate surface area is 202 Å². The number of amides is 3. The fourth-order valence-electron chi connectivity index (χ4n) is 3.22. The van der Waals surface area contributed by atoms with Gasteiger partial charge in [-0.15, -0.1) is 11.3 Å². The highest BCUT2D eigenvalue weighted by atomic mass is 35.5. The predicted molar refractivity (Wildman–Crippen MR) is 132 cm³/mol. The number of anilines is 1. The molecule has 1 aromatic heterocycles. The average molecular weight is 490 g/mol. The number of rotatable bonds is 9. The molecule has 1 heterocycles. The van der Waals surface area contributed by atoms with E-state index in [9.17, 15) is 9.59 Å². The lowest BCUT2D eigenvalue weighted by Crippen LogP contribution is -2.44. The fourth-order valence-corrected chi connectivity index (χ4v) is 4.43. The molecule has 0 fully saturated rings. The minimum Gasteiger partial charge on any atom is -0.332 e. The summed E-state index contributed by atoms with van der Waals surface area (Å²) in [5.41, 5.74) is 1.38. The van der Waals surface area contributed by atoms with Gasteiger partial charge in [0.05, 0.1) is 22.3 Å². The smallest absolute Gasteiger partial charge is 0.322 e. The summed E-state index contributed by atoms with van der Waals surface area (Å²) in [6, 6.07) is 18.4. The monoisotopic (exact) mass is 489 g/mol. The van der Waals surface area contributed by atoms with Gasteiger partial charge in [0.15, 0.2) is 0 Å². The van der Waals surface area contributed by atoms with Crippen molar-refractivity contribution in [2.45, 2.75) is 26.4 Å². The standard InChI is InChI=1S/C24H25Cl2N3O2S/c1-2-13-28(24(31)27-23-20(25)11-6-12-21(23)26)17-22(30)29(16-19-10-7-14-32-19)15-18-8-4-3-5-9-18/h3-12,14H,2,13,15-17H2,1H3,(H,27,31). The fraction of sp³-hybridized carbons (Fsp3) is 0.250. The normalized spacial score (nSPS) is 10.6. The van der Waals surface area contributed by atoms with Gasteiger partial charge in [0.2, 0.25) is 5.91 Å². The van der Waals surface area contributed by atoms with Crippen LogP contribution in [-0.2, 0) is 17.9 Å². The van der Waals surface area contributed by atoms with Crippen LogP contribution in [0.3, 0.4) is 0 Å². The van der Waals surface area contributed by atoms with Crippen molar-refractivity contribution in [3.05, 3.63) is 86.5 Å². The molecule has 3 aromatic rings. The molecular weight excluding hydrogens is 465 g/mol. The van der Waals surface area contributed by atoms with E-state index < -0.39 is 6.03 Å². The van der Waals surface area contributed by atoms with Crippen molar-refractivity contribution >= 4 is 52.2 Å². The number of thiophene rings is 1. The van der Waals surface area contributed by atoms with Crippen LogP contribution in [0.5, 0.6) is 0 Å². The number of carbonyl (C=O) groups is 2. The van der Waals surface area contributed by atoms with Gasteiger partial charge in [0.25, 0.3) is 0 Å². The number of urea groups is 1. The van der Waals surface area contributed by atoms with Crippen LogP contribution in [0.15, 0.2) is 66.0 Å². The van der Waals surface area contributed by atoms with Crippen molar-refractivity contribution in [3.63, 3.8) is 0 Å². The maximum Gasteiger partial charge on any atom is 0.322 e. The van der Waals surface area contributed by atoms with Crippen LogP contribution in [0.2, 0.25) is 10.0 Å². The number of halogens is 2. The summed E-state index contributed by atoms with van der Waals surface area (Å²) in [4.78, 5) is 30.6. The molecule has 0 saturated carbocycles. The van der Waals surface area contributed by atoms with Gasteiger partial charge in [-0.25, -0.2) is 4.79 Å². The first-order valence-corrected chi connectivity index (χ1v) is 12.0. The first kappa shape index (κ1) is 24.1. The summed E-state index contributed by atoms with van der Waals surface area (Å²) in [5, 5.41) is 5.44. The average Bonchev–Trinajstić information content (AvgIpc) is 3.29. The first-order valence-electron chi connectivity index (χ1n) is 10.3. The molecule has 3 amide bonds. The van der Waals surface area contributed by atoms with E-state index in [0.717, 1.165) is 10.4 Å². The third kappa shape index (κ3) is 6.73. The molecule has 0 aliphatic heterocycles. The summed E-state index contributed by atoms with van der Waals surface area (Å²) in [6.07, 6.45) is 0.709. The minimum atomic E-state index is -0.411. The minimum absolute atomic E-state index is 0.0417. The number of benzene rings is 2. The molecule has 0 unspecified atom stereocenters. The van der Waals surface area contributed by atoms with Crippen LogP contribution >= 0.6 is 34.5 Å². The molecule has 32 heavy (non-hydrogen) atoms. The summed E-state index contributed by atoms with van der Waals surface area (Å²) >= 11 is 14.0. The highest BCUT2D eigenvalue weighted by Crippen LogP contribution is 2.30. The first-order chi connectivity index (χ1) is 15.5. The van der Waals surface area contributed by atoms with Crippen molar-refractivity contribution in [3.8, 4) is 0 Å². The van der Waals surface area contributed by atoms with E-state index in [0.29, 0.717) is 41.8 Å². The molecule has 8 heteroatoms. The second-order valence-electron chi connectivity index (χ2n) is 7.26. The lowest BCUT2D eigenvalue weighted by molar-refractivity contribution is -0.133. The van der Waals surface area contributed by atoms with Gasteiger partial charge in [-0.2, -0.15) is 0 Å². The zero-order chi connectivity index (χ0) is 22.9. The van der Waals surface area contributed by atoms with Gasteiger partial charge < -0.3 is 15.1 Å². The lowest BCUT2D eigenvalue weighted by Gasteiger charge is -2.28. The quantitative estimate of drug-likeness (QED) is 0.371. The second kappa shape index (κ2) is 11.9. The molecular formula is C24H25Cl2N3O2S. The van der Waals surface area contributed by atoms with Crippen molar-refractivity contribution in [1.29, 1.82) is 0 Å². The van der Waals surface area contributed by atoms with E-state index in [1.54, 1.807) is 34.4 Å². The van der Waals surface area contributed by atoms with Crippen LogP contribution in [0.1, 0.15) is 23.8 Å². The topological polar surface area (TPSA) is 52.7 Å². The summed E-state index contributed by atoms with van der Waals surface area (Å²) in [5.74, 6) is -0.129. The number of carbonyl (C=O) groups excluding carboxylic acids is 2. The van der Waals surface area contributed by atoms with Crippen molar-refractivity contribution in [1.82, 2.24) is 9.80 Å². The maximum absolute atomic E-state index is 13.3. The van der Waals surface area contributed by atoms with E-state index in [1.807, 2.05) is 54.8 Å². The molecule has 0 spiro atoms. The Morgan fingerprint density at radius 3 is 2.25 bits per heavy atom. The van der Waals surface area contributed by atoms with Crippen molar-refractivity contribution in [2.75, 3.05) is 18.4 Å². The summed E-state index contributed by atoms with van der Waals surface area (Å²) < 4.78 is 0. The van der Waals surface area contributed by atoms with Gasteiger partial charge in [0, 0.05) is 18.0 Å². The van der Waals surface area contributed by atoms with Gasteiger partial charge >= 0.3 is 6.03 Å². The Morgan fingerprint density at radius 2 is 1.62 bits per heavy atom. The molecule has 0 aliphatic carbocycles. The number of hydrogen-bond acceptors (Lipinski definition) is 3. The van der Waals surface area contributed by atoms with Crippen molar-refractivity contribution in [2.24, 2.45) is 0 Å². The van der Waals surface area contributed by atoms with Crippen LogP contribution in [0.25, 0.3) is 0 Å². The number of para-hydroxylation sites is 1. The third-order valence-electron chi connectivity index (χ3n) is 4.80. The zero-order valence-corrected chi connectivity index (χ0v) is 20.1. The number of nitrogens with zero attached hydrogens (tertiary/aromatic N) is 2. The third-order valence-corrected chi connectivity index (χ3v) is 6.29. The van der Waals surface area contributed by atoms with E-state index in [-0.39, 0.29) is 12.5 Å². The maximum atomic E-state index is 13.3. The molecule has 1 N–H and O–H groups in total. The molecule has 0 bridgehead atoms. The van der Waals surface area contributed by atoms with Crippen LogP contribution in [0, 0.1) is 0 Å². The molecule has 168 valence electrons. The summed E-state index contributed by atoms with van der Waals surface area (Å²) in [7, 11) is 0. The van der Waals surface area contributed by atoms with E-state index in [2.05, 4.69) is 5.32 Å². The van der Waals surface area contributed by atoms with E-state index in [4.69, 9.17) is 23.2 Å². The molecule has 2 aromatic carbocycles. The molecule has 0 atom stereocenters. The second-order valence-corrected chi connectivity index (χ2v) is 9.11. The molecule has 0 saturated heterocycles. The Balaban J connectivity index is 1.75. The highest BCUT2D eigenvalue weighted by Gasteiger charge is 2.23. The van der Waals surface area contributed by atoms with Crippen LogP contribution in [-0.4, -0.2) is 34.8 Å². The molecule has 3 rings (SSSR count). The largest absolute Gasteiger partial charge is 0.332 e. The van der Waals surface area contributed by atoms with E-state index >= 15 is 0 Å². The van der Waals surface area contributed by atoms with E-state index in [1.165, 1.54) is 4.90 Å². The summed E-state index contributed by atoms with van der Waals surface area (Å²) in [6.45, 7) is 3.30. The van der Waals surface area contributed by atoms with Crippen molar-refractivity contribution < 1.29 is 9.59 Å².